The molecule has 3 rings (SSSR count). The predicted molar refractivity (Wildman–Crippen MR) is 99.6 cm³/mol. The van der Waals surface area contributed by atoms with Crippen LogP contribution in [0, 0.1) is 0 Å². The van der Waals surface area contributed by atoms with Gasteiger partial charge in [-0.05, 0) is 18.6 Å². The lowest BCUT2D eigenvalue weighted by Crippen LogP contribution is -2.48. The van der Waals surface area contributed by atoms with Gasteiger partial charge in [0.15, 0.2) is 0 Å². The highest BCUT2D eigenvalue weighted by Gasteiger charge is 2.27. The number of carbonyl (C=O) groups excluding carboxylic acids is 3. The molecule has 3 amide bonds. The minimum atomic E-state index is -3.78. The summed E-state index contributed by atoms with van der Waals surface area (Å²) in [5, 5.41) is 2.73. The maximum Gasteiger partial charge on any atom is 0.239 e. The van der Waals surface area contributed by atoms with Crippen molar-refractivity contribution in [3.8, 4) is 0 Å². The number of imide groups is 1. The molecule has 2 saturated heterocycles. The molecule has 2 fully saturated rings. The molecular formula is C17H22N4O5S. The molecule has 2 aliphatic rings. The van der Waals surface area contributed by atoms with Crippen LogP contribution in [0.2, 0.25) is 0 Å². The van der Waals surface area contributed by atoms with Gasteiger partial charge in [-0.15, -0.1) is 0 Å². The van der Waals surface area contributed by atoms with Gasteiger partial charge in [0.05, 0.1) is 23.7 Å². The number of piperazine rings is 1. The van der Waals surface area contributed by atoms with Crippen LogP contribution in [0.25, 0.3) is 0 Å². The third kappa shape index (κ3) is 4.76. The van der Waals surface area contributed by atoms with Crippen molar-refractivity contribution < 1.29 is 22.8 Å². The molecule has 2 heterocycles. The van der Waals surface area contributed by atoms with Gasteiger partial charge in [-0.25, -0.2) is 8.42 Å². The van der Waals surface area contributed by atoms with Crippen molar-refractivity contribution in [2.24, 2.45) is 0 Å². The molecule has 0 unspecified atom stereocenters. The molecule has 1 aromatic rings. The highest BCUT2D eigenvalue weighted by molar-refractivity contribution is 7.92. The number of sulfonamides is 1. The number of anilines is 2. The van der Waals surface area contributed by atoms with Crippen LogP contribution in [0.4, 0.5) is 11.4 Å². The van der Waals surface area contributed by atoms with Crippen LogP contribution in [0.3, 0.4) is 0 Å². The lowest BCUT2D eigenvalue weighted by Gasteiger charge is -2.30. The van der Waals surface area contributed by atoms with E-state index in [0.29, 0.717) is 30.9 Å². The van der Waals surface area contributed by atoms with Crippen molar-refractivity contribution in [2.75, 3.05) is 41.6 Å². The second-order valence-corrected chi connectivity index (χ2v) is 8.34. The summed E-state index contributed by atoms with van der Waals surface area (Å²) in [5.41, 5.74) is 0.976. The van der Waals surface area contributed by atoms with E-state index in [1.54, 1.807) is 29.2 Å². The number of nitrogens with one attached hydrogen (secondary N) is 2. The molecule has 9 nitrogen and oxygen atoms in total. The van der Waals surface area contributed by atoms with Crippen LogP contribution in [0.1, 0.15) is 19.3 Å². The summed E-state index contributed by atoms with van der Waals surface area (Å²) in [6.07, 6.45) is 1.04. The fourth-order valence-electron chi connectivity index (χ4n) is 3.16. The van der Waals surface area contributed by atoms with Crippen molar-refractivity contribution in [1.29, 1.82) is 0 Å². The Morgan fingerprint density at radius 1 is 1.07 bits per heavy atom. The number of piperidine rings is 1. The molecule has 2 aliphatic heterocycles. The van der Waals surface area contributed by atoms with Crippen molar-refractivity contribution in [3.63, 3.8) is 0 Å². The van der Waals surface area contributed by atoms with Crippen LogP contribution in [0.5, 0.6) is 0 Å². The molecular weight excluding hydrogens is 372 g/mol. The molecule has 0 aromatic heterocycles. The van der Waals surface area contributed by atoms with Gasteiger partial charge in [-0.1, -0.05) is 12.1 Å². The summed E-state index contributed by atoms with van der Waals surface area (Å²) in [6, 6.07) is 6.83. The minimum absolute atomic E-state index is 0.124. The van der Waals surface area contributed by atoms with Crippen LogP contribution in [-0.4, -0.2) is 63.0 Å². The molecule has 146 valence electrons. The normalized spacial score (nSPS) is 18.4. The molecule has 0 aliphatic carbocycles. The summed E-state index contributed by atoms with van der Waals surface area (Å²) < 4.78 is 27.5. The molecule has 27 heavy (non-hydrogen) atoms. The van der Waals surface area contributed by atoms with E-state index in [0.717, 1.165) is 4.90 Å². The highest BCUT2D eigenvalue weighted by atomic mass is 32.2. The fraction of sp³-hybridized carbons (Fsp3) is 0.471. The molecule has 0 radical (unpaired) electrons. The number of amides is 3. The van der Waals surface area contributed by atoms with Gasteiger partial charge in [-0.3, -0.25) is 24.0 Å². The van der Waals surface area contributed by atoms with Gasteiger partial charge in [0.1, 0.15) is 0 Å². The van der Waals surface area contributed by atoms with Crippen molar-refractivity contribution in [1.82, 2.24) is 10.2 Å². The first-order valence-electron chi connectivity index (χ1n) is 8.80. The van der Waals surface area contributed by atoms with E-state index in [1.165, 1.54) is 0 Å². The van der Waals surface area contributed by atoms with Gasteiger partial charge in [-0.2, -0.15) is 0 Å². The Morgan fingerprint density at radius 2 is 1.78 bits per heavy atom. The van der Waals surface area contributed by atoms with Crippen LogP contribution in [0.15, 0.2) is 24.3 Å². The summed E-state index contributed by atoms with van der Waals surface area (Å²) in [6.45, 7) is 1.04. The number of nitrogens with zero attached hydrogens (tertiary/aromatic N) is 2. The molecule has 0 saturated carbocycles. The third-order valence-corrected chi connectivity index (χ3v) is 5.77. The Hall–Kier alpha value is -2.62. The first-order chi connectivity index (χ1) is 12.9. The quantitative estimate of drug-likeness (QED) is 0.651. The zero-order valence-corrected chi connectivity index (χ0v) is 15.6. The third-order valence-electron chi connectivity index (χ3n) is 4.52. The summed E-state index contributed by atoms with van der Waals surface area (Å²) in [4.78, 5) is 38.1. The molecule has 0 bridgehead atoms. The Kier molecular flexibility index (Phi) is 5.64. The molecule has 2 N–H and O–H groups in total. The molecule has 0 spiro atoms. The zero-order chi connectivity index (χ0) is 19.4. The van der Waals surface area contributed by atoms with Crippen LogP contribution in [-0.2, 0) is 24.4 Å². The van der Waals surface area contributed by atoms with E-state index in [4.69, 9.17) is 0 Å². The Bertz CT molecular complexity index is 839. The number of hydrogen-bond donors (Lipinski definition) is 2. The number of hydrogen-bond acceptors (Lipinski definition) is 6. The second-order valence-electron chi connectivity index (χ2n) is 6.50. The van der Waals surface area contributed by atoms with Crippen molar-refractivity contribution in [2.45, 2.75) is 19.3 Å². The average molecular weight is 394 g/mol. The fourth-order valence-corrected chi connectivity index (χ4v) is 4.19. The number of carbonyl (C=O) groups is 3. The van der Waals surface area contributed by atoms with Crippen molar-refractivity contribution in [3.05, 3.63) is 24.3 Å². The van der Waals surface area contributed by atoms with E-state index < -0.39 is 10.0 Å². The van der Waals surface area contributed by atoms with E-state index >= 15 is 0 Å². The number of para-hydroxylation sites is 2. The molecule has 1 aromatic carbocycles. The van der Waals surface area contributed by atoms with Gasteiger partial charge in [0, 0.05) is 32.5 Å². The Morgan fingerprint density at radius 3 is 2.48 bits per heavy atom. The highest BCUT2D eigenvalue weighted by Crippen LogP contribution is 2.27. The summed E-state index contributed by atoms with van der Waals surface area (Å²) in [7, 11) is -3.78. The first-order valence-corrected chi connectivity index (χ1v) is 10.5. The number of likely N-dealkylation sites (tertiary alicyclic amines) is 1. The largest absolute Gasteiger partial charge is 0.359 e. The van der Waals surface area contributed by atoms with Crippen LogP contribution >= 0.6 is 0 Å². The Labute approximate surface area is 157 Å². The maximum absolute atomic E-state index is 12.5. The van der Waals surface area contributed by atoms with E-state index in [1.807, 2.05) is 0 Å². The average Bonchev–Trinajstić information content (AvgIpc) is 2.61. The second kappa shape index (κ2) is 7.95. The topological polar surface area (TPSA) is 116 Å². The van der Waals surface area contributed by atoms with Crippen molar-refractivity contribution >= 4 is 39.1 Å². The predicted octanol–water partition coefficient (Wildman–Crippen LogP) is -0.0964. The van der Waals surface area contributed by atoms with Gasteiger partial charge >= 0.3 is 0 Å². The van der Waals surface area contributed by atoms with Gasteiger partial charge in [0.2, 0.25) is 27.7 Å². The monoisotopic (exact) mass is 394 g/mol. The maximum atomic E-state index is 12.5. The number of benzene rings is 1. The van der Waals surface area contributed by atoms with E-state index in [9.17, 15) is 22.8 Å². The molecule has 0 atom stereocenters. The van der Waals surface area contributed by atoms with Gasteiger partial charge < -0.3 is 10.2 Å². The van der Waals surface area contributed by atoms with Gasteiger partial charge in [0.25, 0.3) is 0 Å². The standard InChI is InChI=1S/C17H22N4O5S/c22-15-12-20(9-8-18-15)14-5-2-1-4-13(14)19-27(25,26)11-10-21-16(23)6-3-7-17(21)24/h1-2,4-5,19H,3,6-12H2,(H,18,22). The van der Waals surface area contributed by atoms with E-state index in [-0.39, 0.29) is 49.4 Å². The lowest BCUT2D eigenvalue weighted by atomic mass is 10.1. The summed E-state index contributed by atoms with van der Waals surface area (Å²) in [5.74, 6) is -1.16. The van der Waals surface area contributed by atoms with E-state index in [2.05, 4.69) is 10.0 Å². The molecule has 10 heteroatoms. The number of rotatable bonds is 6. The van der Waals surface area contributed by atoms with Crippen LogP contribution < -0.4 is 14.9 Å². The SMILES string of the molecule is O=C1CN(c2ccccc2NS(=O)(=O)CCN2C(=O)CCCC2=O)CCN1. The minimum Gasteiger partial charge on any atom is -0.359 e. The summed E-state index contributed by atoms with van der Waals surface area (Å²) >= 11 is 0. The lowest BCUT2D eigenvalue weighted by molar-refractivity contribution is -0.147. The first kappa shape index (κ1) is 19.2. The smallest absolute Gasteiger partial charge is 0.239 e. The Balaban J connectivity index is 1.69. The zero-order valence-electron chi connectivity index (χ0n) is 14.8.